The van der Waals surface area contributed by atoms with Crippen molar-refractivity contribution < 1.29 is 0 Å². The maximum Gasteiger partial charge on any atom is 0.0451 e. The first kappa shape index (κ1) is 13.3. The van der Waals surface area contributed by atoms with Crippen LogP contribution in [0.2, 0.25) is 0 Å². The van der Waals surface area contributed by atoms with E-state index in [4.69, 9.17) is 0 Å². The fourth-order valence-corrected chi connectivity index (χ4v) is 3.12. The minimum Gasteiger partial charge on any atom is -0.313 e. The minimum absolute atomic E-state index is 0.342. The van der Waals surface area contributed by atoms with Gasteiger partial charge in [0.15, 0.2) is 0 Å². The van der Waals surface area contributed by atoms with Crippen molar-refractivity contribution in [3.63, 3.8) is 0 Å². The van der Waals surface area contributed by atoms with Gasteiger partial charge in [0, 0.05) is 24.4 Å². The normalized spacial score (nSPS) is 15.1. The summed E-state index contributed by atoms with van der Waals surface area (Å²) in [6.07, 6.45) is 6.63. The number of hydrogen-bond acceptors (Lipinski definition) is 2. The molecular formula is C18H22N2. The maximum atomic E-state index is 4.52. The molecule has 1 aromatic carbocycles. The Balaban J connectivity index is 1.85. The first-order valence-corrected chi connectivity index (χ1v) is 7.47. The van der Waals surface area contributed by atoms with Crippen LogP contribution in [0.5, 0.6) is 0 Å². The van der Waals surface area contributed by atoms with Crippen LogP contribution < -0.4 is 5.32 Å². The fourth-order valence-electron chi connectivity index (χ4n) is 3.12. The van der Waals surface area contributed by atoms with E-state index in [1.54, 1.807) is 5.56 Å². The van der Waals surface area contributed by atoms with Crippen LogP contribution in [-0.4, -0.2) is 12.0 Å². The average Bonchev–Trinajstić information content (AvgIpc) is 2.94. The van der Waals surface area contributed by atoms with E-state index in [9.17, 15) is 0 Å². The van der Waals surface area contributed by atoms with Gasteiger partial charge >= 0.3 is 0 Å². The van der Waals surface area contributed by atoms with Gasteiger partial charge in [-0.05, 0) is 61.6 Å². The van der Waals surface area contributed by atoms with Gasteiger partial charge in [0.25, 0.3) is 0 Å². The quantitative estimate of drug-likeness (QED) is 0.917. The van der Waals surface area contributed by atoms with Gasteiger partial charge < -0.3 is 5.32 Å². The van der Waals surface area contributed by atoms with E-state index >= 15 is 0 Å². The standard InChI is InChI=1S/C18H22N2/c1-13-5-4-10-20-17(13)12-18(19-2)16-9-8-14-6-3-7-15(14)11-16/h4-5,8-11,18-19H,3,6-7,12H2,1-2H3. The molecule has 2 nitrogen and oxygen atoms in total. The lowest BCUT2D eigenvalue weighted by Crippen LogP contribution is -2.20. The number of rotatable bonds is 4. The highest BCUT2D eigenvalue weighted by Crippen LogP contribution is 2.27. The largest absolute Gasteiger partial charge is 0.313 e. The molecule has 1 N–H and O–H groups in total. The van der Waals surface area contributed by atoms with Crippen LogP contribution in [0.25, 0.3) is 0 Å². The predicted molar refractivity (Wildman–Crippen MR) is 82.9 cm³/mol. The van der Waals surface area contributed by atoms with Crippen LogP contribution >= 0.6 is 0 Å². The van der Waals surface area contributed by atoms with Gasteiger partial charge in [-0.25, -0.2) is 0 Å². The molecule has 0 bridgehead atoms. The van der Waals surface area contributed by atoms with Crippen LogP contribution in [0.3, 0.4) is 0 Å². The summed E-state index contributed by atoms with van der Waals surface area (Å²) < 4.78 is 0. The smallest absolute Gasteiger partial charge is 0.0451 e. The molecule has 0 aliphatic heterocycles. The summed E-state index contributed by atoms with van der Waals surface area (Å²) >= 11 is 0. The molecule has 1 unspecified atom stereocenters. The number of hydrogen-bond donors (Lipinski definition) is 1. The lowest BCUT2D eigenvalue weighted by molar-refractivity contribution is 0.582. The van der Waals surface area contributed by atoms with Gasteiger partial charge in [-0.2, -0.15) is 0 Å². The SMILES string of the molecule is CNC(Cc1ncccc1C)c1ccc2c(c1)CCC2. The molecule has 0 saturated carbocycles. The summed E-state index contributed by atoms with van der Waals surface area (Å²) in [4.78, 5) is 4.52. The topological polar surface area (TPSA) is 24.9 Å². The van der Waals surface area contributed by atoms with Gasteiger partial charge in [-0.15, -0.1) is 0 Å². The van der Waals surface area contributed by atoms with E-state index in [1.165, 1.54) is 41.6 Å². The molecule has 1 heterocycles. The summed E-state index contributed by atoms with van der Waals surface area (Å²) in [5, 5.41) is 3.45. The van der Waals surface area contributed by atoms with Crippen LogP contribution in [-0.2, 0) is 19.3 Å². The minimum atomic E-state index is 0.342. The Kier molecular flexibility index (Phi) is 3.83. The second-order valence-electron chi connectivity index (χ2n) is 5.69. The molecule has 0 fully saturated rings. The zero-order valence-corrected chi connectivity index (χ0v) is 12.3. The molecule has 1 aromatic heterocycles. The molecule has 2 heteroatoms. The van der Waals surface area contributed by atoms with Gasteiger partial charge in [-0.1, -0.05) is 24.3 Å². The number of nitrogens with zero attached hydrogens (tertiary/aromatic N) is 1. The molecule has 0 amide bonds. The van der Waals surface area contributed by atoms with Gasteiger partial charge in [0.05, 0.1) is 0 Å². The number of nitrogens with one attached hydrogen (secondary N) is 1. The van der Waals surface area contributed by atoms with E-state index in [0.717, 1.165) is 6.42 Å². The Morgan fingerprint density at radius 1 is 1.20 bits per heavy atom. The van der Waals surface area contributed by atoms with E-state index in [-0.39, 0.29) is 0 Å². The van der Waals surface area contributed by atoms with Crippen molar-refractivity contribution in [3.8, 4) is 0 Å². The van der Waals surface area contributed by atoms with Crippen molar-refractivity contribution >= 4 is 0 Å². The molecule has 3 rings (SSSR count). The van der Waals surface area contributed by atoms with Gasteiger partial charge in [0.2, 0.25) is 0 Å². The summed E-state index contributed by atoms with van der Waals surface area (Å²) in [6.45, 7) is 2.14. The van der Waals surface area contributed by atoms with Crippen LogP contribution in [0.4, 0.5) is 0 Å². The summed E-state index contributed by atoms with van der Waals surface area (Å²) in [5.74, 6) is 0. The number of benzene rings is 1. The Morgan fingerprint density at radius 2 is 2.05 bits per heavy atom. The number of aromatic nitrogens is 1. The average molecular weight is 266 g/mol. The third-order valence-corrected chi connectivity index (χ3v) is 4.39. The molecule has 1 atom stereocenters. The van der Waals surface area contributed by atoms with Crippen molar-refractivity contribution in [1.82, 2.24) is 10.3 Å². The van der Waals surface area contributed by atoms with Gasteiger partial charge in [-0.3, -0.25) is 4.98 Å². The zero-order chi connectivity index (χ0) is 13.9. The Labute approximate surface area is 121 Å². The lowest BCUT2D eigenvalue weighted by atomic mass is 9.96. The molecule has 0 spiro atoms. The van der Waals surface area contributed by atoms with Crippen molar-refractivity contribution in [1.29, 1.82) is 0 Å². The molecule has 1 aliphatic rings. The lowest BCUT2D eigenvalue weighted by Gasteiger charge is -2.18. The van der Waals surface area contributed by atoms with Crippen molar-refractivity contribution in [3.05, 3.63) is 64.5 Å². The van der Waals surface area contributed by atoms with Crippen molar-refractivity contribution in [2.24, 2.45) is 0 Å². The van der Waals surface area contributed by atoms with E-state index < -0.39 is 0 Å². The monoisotopic (exact) mass is 266 g/mol. The molecule has 0 radical (unpaired) electrons. The molecule has 2 aromatic rings. The Hall–Kier alpha value is -1.67. The molecule has 0 saturated heterocycles. The highest BCUT2D eigenvalue weighted by Gasteiger charge is 2.16. The van der Waals surface area contributed by atoms with E-state index in [0.29, 0.717) is 6.04 Å². The Bertz CT molecular complexity index is 604. The third kappa shape index (κ3) is 2.61. The number of fused-ring (bicyclic) bond motifs is 1. The predicted octanol–water partition coefficient (Wildman–Crippen LogP) is 3.38. The summed E-state index contributed by atoms with van der Waals surface area (Å²) in [7, 11) is 2.04. The van der Waals surface area contributed by atoms with Gasteiger partial charge in [0.1, 0.15) is 0 Å². The van der Waals surface area contributed by atoms with Crippen LogP contribution in [0.1, 0.15) is 40.4 Å². The fraction of sp³-hybridized carbons (Fsp3) is 0.389. The zero-order valence-electron chi connectivity index (χ0n) is 12.3. The number of likely N-dealkylation sites (N-methyl/N-ethyl adjacent to an activating group) is 1. The maximum absolute atomic E-state index is 4.52. The Morgan fingerprint density at radius 3 is 2.85 bits per heavy atom. The molecular weight excluding hydrogens is 244 g/mol. The second kappa shape index (κ2) is 5.76. The summed E-state index contributed by atoms with van der Waals surface area (Å²) in [6, 6.07) is 11.5. The molecule has 104 valence electrons. The molecule has 1 aliphatic carbocycles. The summed E-state index contributed by atoms with van der Waals surface area (Å²) in [5.41, 5.74) is 6.93. The highest BCUT2D eigenvalue weighted by molar-refractivity contribution is 5.37. The molecule has 20 heavy (non-hydrogen) atoms. The second-order valence-corrected chi connectivity index (χ2v) is 5.69. The number of pyridine rings is 1. The van der Waals surface area contributed by atoms with Crippen LogP contribution in [0, 0.1) is 6.92 Å². The van der Waals surface area contributed by atoms with Crippen molar-refractivity contribution in [2.75, 3.05) is 7.05 Å². The van der Waals surface area contributed by atoms with E-state index in [2.05, 4.69) is 41.5 Å². The first-order chi connectivity index (χ1) is 9.78. The van der Waals surface area contributed by atoms with Crippen molar-refractivity contribution in [2.45, 2.75) is 38.6 Å². The number of aryl methyl sites for hydroxylation is 3. The third-order valence-electron chi connectivity index (χ3n) is 4.39. The van der Waals surface area contributed by atoms with E-state index in [1.807, 2.05) is 19.3 Å². The highest BCUT2D eigenvalue weighted by atomic mass is 14.9. The first-order valence-electron chi connectivity index (χ1n) is 7.47. The van der Waals surface area contributed by atoms with Crippen LogP contribution in [0.15, 0.2) is 36.5 Å².